The lowest BCUT2D eigenvalue weighted by Crippen LogP contribution is -2.45. The van der Waals surface area contributed by atoms with Crippen molar-refractivity contribution < 1.29 is 14.3 Å². The number of rotatable bonds is 2. The summed E-state index contributed by atoms with van der Waals surface area (Å²) in [7, 11) is 0. The van der Waals surface area contributed by atoms with Crippen molar-refractivity contribution in [1.82, 2.24) is 5.32 Å². The molecular formula is C10H17NO3. The van der Waals surface area contributed by atoms with Crippen LogP contribution in [-0.2, 0) is 14.3 Å². The van der Waals surface area contributed by atoms with E-state index in [4.69, 9.17) is 9.47 Å². The van der Waals surface area contributed by atoms with E-state index in [1.165, 1.54) is 0 Å². The van der Waals surface area contributed by atoms with Gasteiger partial charge in [-0.2, -0.15) is 0 Å². The monoisotopic (exact) mass is 199 g/mol. The highest BCUT2D eigenvalue weighted by Crippen LogP contribution is 2.16. The molecule has 0 saturated carbocycles. The molecule has 0 bridgehead atoms. The van der Waals surface area contributed by atoms with Gasteiger partial charge in [0.1, 0.15) is 12.1 Å². The predicted molar refractivity (Wildman–Crippen MR) is 50.9 cm³/mol. The second-order valence-corrected chi connectivity index (χ2v) is 4.12. The molecule has 4 nitrogen and oxygen atoms in total. The fourth-order valence-corrected chi connectivity index (χ4v) is 2.05. The number of nitrogens with one attached hydrogen (secondary N) is 1. The van der Waals surface area contributed by atoms with E-state index in [0.717, 1.165) is 32.5 Å². The smallest absolute Gasteiger partial charge is 0.323 e. The number of esters is 1. The Morgan fingerprint density at radius 3 is 2.93 bits per heavy atom. The zero-order valence-corrected chi connectivity index (χ0v) is 8.49. The van der Waals surface area contributed by atoms with Gasteiger partial charge in [0.25, 0.3) is 0 Å². The molecule has 0 radical (unpaired) electrons. The van der Waals surface area contributed by atoms with Crippen LogP contribution in [0.4, 0.5) is 0 Å². The van der Waals surface area contributed by atoms with Crippen molar-refractivity contribution in [2.75, 3.05) is 13.2 Å². The van der Waals surface area contributed by atoms with E-state index in [-0.39, 0.29) is 18.1 Å². The first kappa shape index (κ1) is 9.93. The summed E-state index contributed by atoms with van der Waals surface area (Å²) >= 11 is 0. The zero-order chi connectivity index (χ0) is 9.97. The molecule has 0 aromatic rings. The van der Waals surface area contributed by atoms with Gasteiger partial charge in [0.2, 0.25) is 0 Å². The topological polar surface area (TPSA) is 47.6 Å². The van der Waals surface area contributed by atoms with Crippen molar-refractivity contribution in [2.24, 2.45) is 0 Å². The summed E-state index contributed by atoms with van der Waals surface area (Å²) in [5.74, 6) is -0.108. The first-order valence-electron chi connectivity index (χ1n) is 5.30. The van der Waals surface area contributed by atoms with Gasteiger partial charge in [0.15, 0.2) is 0 Å². The van der Waals surface area contributed by atoms with Crippen molar-refractivity contribution in [3.8, 4) is 0 Å². The fraction of sp³-hybridized carbons (Fsp3) is 0.900. The van der Waals surface area contributed by atoms with E-state index in [0.29, 0.717) is 6.04 Å². The second kappa shape index (κ2) is 4.28. The number of hydrogen-bond acceptors (Lipinski definition) is 4. The van der Waals surface area contributed by atoms with Crippen LogP contribution in [-0.4, -0.2) is 37.4 Å². The number of hydrogen-bond donors (Lipinski definition) is 1. The van der Waals surface area contributed by atoms with E-state index >= 15 is 0 Å². The van der Waals surface area contributed by atoms with Gasteiger partial charge >= 0.3 is 5.97 Å². The lowest BCUT2D eigenvalue weighted by Gasteiger charge is -2.24. The highest BCUT2D eigenvalue weighted by Gasteiger charge is 2.33. The number of carbonyl (C=O) groups excluding carboxylic acids is 1. The summed E-state index contributed by atoms with van der Waals surface area (Å²) in [5.41, 5.74) is 0. The Kier molecular flexibility index (Phi) is 3.03. The van der Waals surface area contributed by atoms with Gasteiger partial charge in [-0.05, 0) is 19.8 Å². The van der Waals surface area contributed by atoms with Gasteiger partial charge in [0, 0.05) is 19.1 Å². The molecule has 0 aromatic carbocycles. The molecule has 0 amide bonds. The normalized spacial score (nSPS) is 38.4. The number of carbonyl (C=O) groups is 1. The average Bonchev–Trinajstić information content (AvgIpc) is 2.47. The van der Waals surface area contributed by atoms with Gasteiger partial charge in [-0.1, -0.05) is 0 Å². The SMILES string of the molecule is CC1CC(NC2CCCOC2)C(=O)O1. The summed E-state index contributed by atoms with van der Waals surface area (Å²) in [6.07, 6.45) is 3.02. The Hall–Kier alpha value is -0.610. The summed E-state index contributed by atoms with van der Waals surface area (Å²) in [6.45, 7) is 3.50. The first-order chi connectivity index (χ1) is 6.75. The molecular weight excluding hydrogens is 182 g/mol. The molecule has 2 aliphatic heterocycles. The molecule has 1 N–H and O–H groups in total. The molecule has 0 aromatic heterocycles. The largest absolute Gasteiger partial charge is 0.461 e. The molecule has 0 aliphatic carbocycles. The third-order valence-corrected chi connectivity index (χ3v) is 2.77. The van der Waals surface area contributed by atoms with Crippen molar-refractivity contribution in [3.05, 3.63) is 0 Å². The minimum atomic E-state index is -0.114. The van der Waals surface area contributed by atoms with Gasteiger partial charge in [-0.3, -0.25) is 10.1 Å². The van der Waals surface area contributed by atoms with Crippen LogP contribution in [0.25, 0.3) is 0 Å². The van der Waals surface area contributed by atoms with Crippen LogP contribution in [0.5, 0.6) is 0 Å². The maximum absolute atomic E-state index is 11.3. The Bertz CT molecular complexity index is 213. The second-order valence-electron chi connectivity index (χ2n) is 4.12. The summed E-state index contributed by atoms with van der Waals surface area (Å²) in [5, 5.41) is 3.30. The van der Waals surface area contributed by atoms with Crippen LogP contribution in [0.15, 0.2) is 0 Å². The number of cyclic esters (lactones) is 1. The van der Waals surface area contributed by atoms with Crippen LogP contribution in [0, 0.1) is 0 Å². The van der Waals surface area contributed by atoms with E-state index in [1.54, 1.807) is 0 Å². The molecule has 3 atom stereocenters. The van der Waals surface area contributed by atoms with Gasteiger partial charge in [-0.25, -0.2) is 0 Å². The molecule has 2 saturated heterocycles. The van der Waals surface area contributed by atoms with Crippen molar-refractivity contribution in [3.63, 3.8) is 0 Å². The Morgan fingerprint density at radius 1 is 1.50 bits per heavy atom. The fourth-order valence-electron chi connectivity index (χ4n) is 2.05. The zero-order valence-electron chi connectivity index (χ0n) is 8.49. The maximum Gasteiger partial charge on any atom is 0.323 e. The molecule has 14 heavy (non-hydrogen) atoms. The lowest BCUT2D eigenvalue weighted by molar-refractivity contribution is -0.142. The molecule has 2 rings (SSSR count). The highest BCUT2D eigenvalue weighted by atomic mass is 16.6. The van der Waals surface area contributed by atoms with E-state index < -0.39 is 0 Å². The maximum atomic E-state index is 11.3. The lowest BCUT2D eigenvalue weighted by atomic mass is 10.1. The molecule has 4 heteroatoms. The predicted octanol–water partition coefficient (Wildman–Crippen LogP) is 0.459. The minimum Gasteiger partial charge on any atom is -0.461 e. The number of ether oxygens (including phenoxy) is 2. The Labute approximate surface area is 84.0 Å². The van der Waals surface area contributed by atoms with Gasteiger partial charge in [-0.15, -0.1) is 0 Å². The van der Waals surface area contributed by atoms with Crippen molar-refractivity contribution in [1.29, 1.82) is 0 Å². The van der Waals surface area contributed by atoms with Crippen LogP contribution in [0.1, 0.15) is 26.2 Å². The van der Waals surface area contributed by atoms with E-state index in [2.05, 4.69) is 5.32 Å². The molecule has 0 spiro atoms. The summed E-state index contributed by atoms with van der Waals surface area (Å²) < 4.78 is 10.4. The summed E-state index contributed by atoms with van der Waals surface area (Å²) in [6, 6.07) is 0.211. The third-order valence-electron chi connectivity index (χ3n) is 2.77. The molecule has 3 unspecified atom stereocenters. The third kappa shape index (κ3) is 2.25. The van der Waals surface area contributed by atoms with Gasteiger partial charge < -0.3 is 9.47 Å². The van der Waals surface area contributed by atoms with Crippen LogP contribution in [0.3, 0.4) is 0 Å². The van der Waals surface area contributed by atoms with E-state index in [1.807, 2.05) is 6.92 Å². The van der Waals surface area contributed by atoms with Crippen LogP contribution in [0.2, 0.25) is 0 Å². The van der Waals surface area contributed by atoms with Crippen molar-refractivity contribution >= 4 is 5.97 Å². The van der Waals surface area contributed by atoms with Crippen LogP contribution >= 0.6 is 0 Å². The average molecular weight is 199 g/mol. The Balaban J connectivity index is 1.81. The van der Waals surface area contributed by atoms with Crippen molar-refractivity contribution in [2.45, 2.75) is 44.4 Å². The molecule has 2 aliphatic rings. The minimum absolute atomic E-state index is 0.0597. The molecule has 80 valence electrons. The van der Waals surface area contributed by atoms with Crippen LogP contribution < -0.4 is 5.32 Å². The first-order valence-corrected chi connectivity index (χ1v) is 5.30. The van der Waals surface area contributed by atoms with E-state index in [9.17, 15) is 4.79 Å². The highest BCUT2D eigenvalue weighted by molar-refractivity contribution is 5.77. The quantitative estimate of drug-likeness (QED) is 0.656. The molecule has 2 heterocycles. The summed E-state index contributed by atoms with van der Waals surface area (Å²) in [4.78, 5) is 11.3. The standard InChI is InChI=1S/C10H17NO3/c1-7-5-9(10(12)14-7)11-8-3-2-4-13-6-8/h7-9,11H,2-6H2,1H3. The van der Waals surface area contributed by atoms with Gasteiger partial charge in [0.05, 0.1) is 6.61 Å². The molecule has 2 fully saturated rings. The Morgan fingerprint density at radius 2 is 2.36 bits per heavy atom.